The molecule has 0 saturated heterocycles. The maximum absolute atomic E-state index is 9.77. The molecule has 21 heavy (non-hydrogen) atoms. The van der Waals surface area contributed by atoms with E-state index >= 15 is 0 Å². The zero-order valence-corrected chi connectivity index (χ0v) is 12.9. The third kappa shape index (κ3) is 2.27. The van der Waals surface area contributed by atoms with Crippen molar-refractivity contribution in [2.45, 2.75) is 50.4 Å². The first-order valence-electron chi connectivity index (χ1n) is 7.81. The van der Waals surface area contributed by atoms with Crippen molar-refractivity contribution in [1.29, 1.82) is 5.26 Å². The maximum atomic E-state index is 9.77. The van der Waals surface area contributed by atoms with Gasteiger partial charge in [0.15, 0.2) is 11.5 Å². The molecule has 3 nitrogen and oxygen atoms in total. The van der Waals surface area contributed by atoms with E-state index in [0.29, 0.717) is 11.2 Å². The van der Waals surface area contributed by atoms with Crippen molar-refractivity contribution in [2.75, 3.05) is 14.2 Å². The number of methoxy groups -OCH3 is 2. The highest BCUT2D eigenvalue weighted by molar-refractivity contribution is 5.48. The second-order valence-electron chi connectivity index (χ2n) is 6.68. The molecule has 112 valence electrons. The Kier molecular flexibility index (Phi) is 3.57. The zero-order chi connectivity index (χ0) is 14.9. The SMILES string of the molecule is COc1ccc(C2(C#N)CC3(CCCCC3)C2)cc1OC. The van der Waals surface area contributed by atoms with Gasteiger partial charge in [0.25, 0.3) is 0 Å². The van der Waals surface area contributed by atoms with E-state index in [1.54, 1.807) is 14.2 Å². The highest BCUT2D eigenvalue weighted by Crippen LogP contribution is 2.62. The van der Waals surface area contributed by atoms with Crippen LogP contribution in [0, 0.1) is 16.7 Å². The van der Waals surface area contributed by atoms with Gasteiger partial charge >= 0.3 is 0 Å². The summed E-state index contributed by atoms with van der Waals surface area (Å²) in [6.07, 6.45) is 8.62. The van der Waals surface area contributed by atoms with E-state index in [1.807, 2.05) is 18.2 Å². The van der Waals surface area contributed by atoms with Crippen LogP contribution in [0.15, 0.2) is 18.2 Å². The average molecular weight is 285 g/mol. The normalized spacial score (nSPS) is 22.1. The van der Waals surface area contributed by atoms with Crippen LogP contribution in [0.1, 0.15) is 50.5 Å². The van der Waals surface area contributed by atoms with Crippen molar-refractivity contribution in [3.8, 4) is 17.6 Å². The molecular formula is C18H23NO2. The Hall–Kier alpha value is -1.69. The van der Waals surface area contributed by atoms with Gasteiger partial charge < -0.3 is 9.47 Å². The van der Waals surface area contributed by atoms with Gasteiger partial charge in [-0.3, -0.25) is 0 Å². The predicted molar refractivity (Wildman–Crippen MR) is 81.6 cm³/mol. The minimum absolute atomic E-state index is 0.323. The molecule has 0 N–H and O–H groups in total. The Balaban J connectivity index is 1.87. The van der Waals surface area contributed by atoms with E-state index in [2.05, 4.69) is 6.07 Å². The lowest BCUT2D eigenvalue weighted by Crippen LogP contribution is -2.49. The maximum Gasteiger partial charge on any atom is 0.161 e. The molecule has 2 aliphatic carbocycles. The summed E-state index contributed by atoms with van der Waals surface area (Å²) in [5.41, 5.74) is 1.19. The van der Waals surface area contributed by atoms with Crippen LogP contribution in [0.3, 0.4) is 0 Å². The van der Waals surface area contributed by atoms with E-state index in [9.17, 15) is 5.26 Å². The van der Waals surface area contributed by atoms with Crippen molar-refractivity contribution in [1.82, 2.24) is 0 Å². The highest BCUT2D eigenvalue weighted by atomic mass is 16.5. The molecule has 0 atom stereocenters. The van der Waals surface area contributed by atoms with Gasteiger partial charge in [0, 0.05) is 0 Å². The van der Waals surface area contributed by atoms with E-state index in [4.69, 9.17) is 9.47 Å². The van der Waals surface area contributed by atoms with Gasteiger partial charge in [0.1, 0.15) is 0 Å². The number of rotatable bonds is 3. The Morgan fingerprint density at radius 2 is 1.67 bits per heavy atom. The summed E-state index contributed by atoms with van der Waals surface area (Å²) < 4.78 is 10.7. The molecule has 1 spiro atoms. The minimum atomic E-state index is -0.323. The Morgan fingerprint density at radius 3 is 2.24 bits per heavy atom. The molecular weight excluding hydrogens is 262 g/mol. The van der Waals surface area contributed by atoms with Crippen LogP contribution in [-0.4, -0.2) is 14.2 Å². The molecule has 1 aromatic rings. The van der Waals surface area contributed by atoms with Crippen LogP contribution in [0.25, 0.3) is 0 Å². The van der Waals surface area contributed by atoms with Crippen molar-refractivity contribution in [2.24, 2.45) is 5.41 Å². The van der Waals surface area contributed by atoms with Crippen molar-refractivity contribution < 1.29 is 9.47 Å². The van der Waals surface area contributed by atoms with E-state index < -0.39 is 0 Å². The predicted octanol–water partition coefficient (Wildman–Crippen LogP) is 4.21. The number of nitrogens with zero attached hydrogens (tertiary/aromatic N) is 1. The molecule has 2 saturated carbocycles. The second kappa shape index (κ2) is 5.26. The number of hydrogen-bond donors (Lipinski definition) is 0. The van der Waals surface area contributed by atoms with Gasteiger partial charge in [-0.15, -0.1) is 0 Å². The minimum Gasteiger partial charge on any atom is -0.493 e. The van der Waals surface area contributed by atoms with Crippen molar-refractivity contribution >= 4 is 0 Å². The van der Waals surface area contributed by atoms with Crippen LogP contribution < -0.4 is 9.47 Å². The number of benzene rings is 1. The van der Waals surface area contributed by atoms with Crippen LogP contribution in [-0.2, 0) is 5.41 Å². The standard InChI is InChI=1S/C18H23NO2/c1-20-15-7-6-14(10-16(15)21-2)18(13-19)11-17(12-18)8-4-3-5-9-17/h6-7,10H,3-5,8-9,11-12H2,1-2H3. The summed E-state index contributed by atoms with van der Waals surface area (Å²) in [7, 11) is 3.28. The van der Waals surface area contributed by atoms with E-state index in [0.717, 1.165) is 24.2 Å². The average Bonchev–Trinajstić information content (AvgIpc) is 2.52. The number of hydrogen-bond acceptors (Lipinski definition) is 3. The third-order valence-corrected chi connectivity index (χ3v) is 5.42. The number of nitriles is 1. The summed E-state index contributed by atoms with van der Waals surface area (Å²) in [6, 6.07) is 8.52. The first kappa shape index (κ1) is 14.3. The summed E-state index contributed by atoms with van der Waals surface area (Å²) in [5, 5.41) is 9.77. The van der Waals surface area contributed by atoms with Gasteiger partial charge in [-0.2, -0.15) is 5.26 Å². The monoisotopic (exact) mass is 285 g/mol. The lowest BCUT2D eigenvalue weighted by molar-refractivity contribution is 0.0167. The quantitative estimate of drug-likeness (QED) is 0.835. The Morgan fingerprint density at radius 1 is 1.00 bits per heavy atom. The molecule has 3 rings (SSSR count). The second-order valence-corrected chi connectivity index (χ2v) is 6.68. The molecule has 1 aromatic carbocycles. The summed E-state index contributed by atoms with van der Waals surface area (Å²) in [5.74, 6) is 1.44. The molecule has 0 heterocycles. The smallest absolute Gasteiger partial charge is 0.161 e. The van der Waals surface area contributed by atoms with Crippen LogP contribution in [0.4, 0.5) is 0 Å². The molecule has 0 aromatic heterocycles. The van der Waals surface area contributed by atoms with Gasteiger partial charge in [0.2, 0.25) is 0 Å². The highest BCUT2D eigenvalue weighted by Gasteiger charge is 2.55. The molecule has 3 heteroatoms. The zero-order valence-electron chi connectivity index (χ0n) is 12.9. The van der Waals surface area contributed by atoms with Gasteiger partial charge in [0.05, 0.1) is 25.7 Å². The Labute approximate surface area is 126 Å². The Bertz CT molecular complexity index is 559. The van der Waals surface area contributed by atoms with Crippen molar-refractivity contribution in [3.05, 3.63) is 23.8 Å². The van der Waals surface area contributed by atoms with E-state index in [-0.39, 0.29) is 5.41 Å². The number of ether oxygens (including phenoxy) is 2. The van der Waals surface area contributed by atoms with Crippen molar-refractivity contribution in [3.63, 3.8) is 0 Å². The van der Waals surface area contributed by atoms with E-state index in [1.165, 1.54) is 32.1 Å². The van der Waals surface area contributed by atoms with Gasteiger partial charge in [-0.25, -0.2) is 0 Å². The fraction of sp³-hybridized carbons (Fsp3) is 0.611. The fourth-order valence-corrected chi connectivity index (χ4v) is 4.37. The summed E-state index contributed by atoms with van der Waals surface area (Å²) in [6.45, 7) is 0. The lowest BCUT2D eigenvalue weighted by Gasteiger charge is -2.55. The largest absolute Gasteiger partial charge is 0.493 e. The molecule has 2 aliphatic rings. The molecule has 0 radical (unpaired) electrons. The lowest BCUT2D eigenvalue weighted by atomic mass is 9.47. The molecule has 0 unspecified atom stereocenters. The molecule has 2 fully saturated rings. The fourth-order valence-electron chi connectivity index (χ4n) is 4.37. The summed E-state index contributed by atoms with van der Waals surface area (Å²) >= 11 is 0. The van der Waals surface area contributed by atoms with Crippen LogP contribution in [0.2, 0.25) is 0 Å². The van der Waals surface area contributed by atoms with Crippen LogP contribution >= 0.6 is 0 Å². The molecule has 0 amide bonds. The first-order valence-corrected chi connectivity index (χ1v) is 7.81. The first-order chi connectivity index (χ1) is 10.2. The summed E-state index contributed by atoms with van der Waals surface area (Å²) in [4.78, 5) is 0. The third-order valence-electron chi connectivity index (χ3n) is 5.42. The van der Waals surface area contributed by atoms with Crippen LogP contribution in [0.5, 0.6) is 11.5 Å². The topological polar surface area (TPSA) is 42.2 Å². The molecule has 0 bridgehead atoms. The molecule has 0 aliphatic heterocycles. The van der Waals surface area contributed by atoms with Gasteiger partial charge in [-0.1, -0.05) is 25.3 Å². The van der Waals surface area contributed by atoms with Gasteiger partial charge in [-0.05, 0) is 48.8 Å².